The number of nitrogens with zero attached hydrogens (tertiary/aromatic N) is 2. The third kappa shape index (κ3) is 3.61. The first-order valence-corrected chi connectivity index (χ1v) is 9.33. The number of hydrogen-bond donors (Lipinski definition) is 0. The van der Waals surface area contributed by atoms with Gasteiger partial charge in [-0.2, -0.15) is 0 Å². The molecule has 2 fully saturated rings. The molecule has 1 heterocycles. The summed E-state index contributed by atoms with van der Waals surface area (Å²) in [5.74, 6) is 1.54. The highest BCUT2D eigenvalue weighted by Crippen LogP contribution is 2.39. The van der Waals surface area contributed by atoms with Crippen LogP contribution in [0.5, 0.6) is 11.5 Å². The fourth-order valence-electron chi connectivity index (χ4n) is 4.26. The van der Waals surface area contributed by atoms with Crippen molar-refractivity contribution in [1.29, 1.82) is 0 Å². The van der Waals surface area contributed by atoms with Gasteiger partial charge < -0.3 is 14.4 Å². The molecule has 2 aliphatic rings. The molecule has 1 aromatic carbocycles. The predicted molar refractivity (Wildman–Crippen MR) is 96.8 cm³/mol. The number of methoxy groups -OCH3 is 1. The first-order valence-electron chi connectivity index (χ1n) is 9.33. The lowest BCUT2D eigenvalue weighted by Gasteiger charge is -2.41. The molecular weight excluding hydrogens is 336 g/mol. The number of hydrogen-bond acceptors (Lipinski definition) is 5. The number of amides is 1. The van der Waals surface area contributed by atoms with Crippen molar-refractivity contribution in [3.8, 4) is 11.5 Å². The molecule has 1 saturated heterocycles. The summed E-state index contributed by atoms with van der Waals surface area (Å²) in [5, 5.41) is 11.5. The highest BCUT2D eigenvalue weighted by atomic mass is 16.6. The lowest BCUT2D eigenvalue weighted by Crippen LogP contribution is -2.44. The number of ether oxygens (including phenoxy) is 2. The van der Waals surface area contributed by atoms with Gasteiger partial charge in [-0.25, -0.2) is 0 Å². The maximum absolute atomic E-state index is 13.1. The molecular formula is C19H26N2O5. The Bertz CT molecular complexity index is 691. The van der Waals surface area contributed by atoms with Crippen molar-refractivity contribution >= 4 is 11.6 Å². The molecule has 26 heavy (non-hydrogen) atoms. The molecule has 142 valence electrons. The first kappa shape index (κ1) is 18.5. The van der Waals surface area contributed by atoms with E-state index in [1.807, 2.05) is 0 Å². The van der Waals surface area contributed by atoms with E-state index in [-0.39, 0.29) is 22.9 Å². The predicted octanol–water partition coefficient (Wildman–Crippen LogP) is 3.65. The van der Waals surface area contributed by atoms with Crippen molar-refractivity contribution in [3.05, 3.63) is 27.8 Å². The zero-order valence-corrected chi connectivity index (χ0v) is 15.4. The maximum Gasteiger partial charge on any atom is 0.286 e. The summed E-state index contributed by atoms with van der Waals surface area (Å²) in [7, 11) is 1.46. The highest BCUT2D eigenvalue weighted by Gasteiger charge is 2.35. The Labute approximate surface area is 153 Å². The summed E-state index contributed by atoms with van der Waals surface area (Å²) >= 11 is 0. The molecule has 0 spiro atoms. The summed E-state index contributed by atoms with van der Waals surface area (Å²) in [6, 6.07) is 2.74. The summed E-state index contributed by atoms with van der Waals surface area (Å²) in [4.78, 5) is 25.8. The van der Waals surface area contributed by atoms with E-state index in [2.05, 4.69) is 0 Å². The third-order valence-corrected chi connectivity index (χ3v) is 5.59. The van der Waals surface area contributed by atoms with Crippen LogP contribution in [0.25, 0.3) is 0 Å². The highest BCUT2D eigenvalue weighted by molar-refractivity contribution is 5.99. The Hall–Kier alpha value is -2.31. The van der Waals surface area contributed by atoms with Crippen LogP contribution in [0.15, 0.2) is 12.1 Å². The van der Waals surface area contributed by atoms with Gasteiger partial charge in [-0.05, 0) is 31.6 Å². The van der Waals surface area contributed by atoms with Gasteiger partial charge in [-0.15, -0.1) is 0 Å². The summed E-state index contributed by atoms with van der Waals surface area (Å²) < 4.78 is 10.7. The minimum absolute atomic E-state index is 0.0737. The van der Waals surface area contributed by atoms with Gasteiger partial charge in [0.2, 0.25) is 0 Å². The second-order valence-electron chi connectivity index (χ2n) is 7.05. The molecule has 1 amide bonds. The minimum atomic E-state index is -0.525. The second kappa shape index (κ2) is 7.93. The molecule has 0 N–H and O–H groups in total. The van der Waals surface area contributed by atoms with E-state index in [9.17, 15) is 14.9 Å². The van der Waals surface area contributed by atoms with Crippen molar-refractivity contribution in [2.75, 3.05) is 26.8 Å². The Morgan fingerprint density at radius 2 is 1.96 bits per heavy atom. The smallest absolute Gasteiger partial charge is 0.286 e. The molecule has 2 atom stereocenters. The van der Waals surface area contributed by atoms with Crippen LogP contribution in [0.2, 0.25) is 0 Å². The summed E-state index contributed by atoms with van der Waals surface area (Å²) in [6.07, 6.45) is 5.85. The monoisotopic (exact) mass is 362 g/mol. The Kier molecular flexibility index (Phi) is 5.64. The van der Waals surface area contributed by atoms with Gasteiger partial charge in [0, 0.05) is 19.2 Å². The lowest BCUT2D eigenvalue weighted by molar-refractivity contribution is -0.385. The van der Waals surface area contributed by atoms with E-state index >= 15 is 0 Å². The van der Waals surface area contributed by atoms with Crippen LogP contribution in [0.3, 0.4) is 0 Å². The van der Waals surface area contributed by atoms with Gasteiger partial charge >= 0.3 is 0 Å². The molecule has 1 aliphatic heterocycles. The average molecular weight is 362 g/mol. The molecule has 0 aromatic heterocycles. The zero-order valence-electron chi connectivity index (χ0n) is 15.4. The normalized spacial score (nSPS) is 22.5. The van der Waals surface area contributed by atoms with Gasteiger partial charge in [0.1, 0.15) is 5.56 Å². The van der Waals surface area contributed by atoms with Crippen molar-refractivity contribution in [1.82, 2.24) is 4.90 Å². The Morgan fingerprint density at radius 3 is 2.62 bits per heavy atom. The Morgan fingerprint density at radius 1 is 1.23 bits per heavy atom. The summed E-state index contributed by atoms with van der Waals surface area (Å²) in [5.41, 5.74) is -0.158. The van der Waals surface area contributed by atoms with Gasteiger partial charge in [-0.3, -0.25) is 14.9 Å². The third-order valence-electron chi connectivity index (χ3n) is 5.59. The molecule has 0 unspecified atom stereocenters. The van der Waals surface area contributed by atoms with E-state index in [4.69, 9.17) is 9.47 Å². The minimum Gasteiger partial charge on any atom is -0.493 e. The van der Waals surface area contributed by atoms with Crippen LogP contribution < -0.4 is 9.47 Å². The first-order chi connectivity index (χ1) is 12.5. The van der Waals surface area contributed by atoms with Gasteiger partial charge in [-0.1, -0.05) is 19.3 Å². The van der Waals surface area contributed by atoms with Crippen LogP contribution in [0, 0.1) is 22.0 Å². The van der Waals surface area contributed by atoms with E-state index in [0.717, 1.165) is 12.8 Å². The standard InChI is InChI=1S/C19H26N2O5/c1-3-26-18-11-16(21(23)24)15(10-17(18)25-2)19(22)20-9-8-13-6-4-5-7-14(13)12-20/h10-11,13-14H,3-9,12H2,1-2H3/t13-,14-/m1/s1. The number of likely N-dealkylation sites (tertiary alicyclic amines) is 1. The van der Waals surface area contributed by atoms with E-state index in [1.54, 1.807) is 11.8 Å². The average Bonchev–Trinajstić information content (AvgIpc) is 2.66. The number of nitro groups is 1. The van der Waals surface area contributed by atoms with Crippen LogP contribution in [-0.2, 0) is 0 Å². The van der Waals surface area contributed by atoms with Crippen LogP contribution in [-0.4, -0.2) is 42.5 Å². The van der Waals surface area contributed by atoms with Gasteiger partial charge in [0.15, 0.2) is 11.5 Å². The number of rotatable bonds is 5. The fourth-order valence-corrected chi connectivity index (χ4v) is 4.26. The lowest BCUT2D eigenvalue weighted by atomic mass is 9.75. The fraction of sp³-hybridized carbons (Fsp3) is 0.632. The van der Waals surface area contributed by atoms with Crippen molar-refractivity contribution in [3.63, 3.8) is 0 Å². The number of carbonyl (C=O) groups is 1. The van der Waals surface area contributed by atoms with Crippen molar-refractivity contribution in [2.24, 2.45) is 11.8 Å². The van der Waals surface area contributed by atoms with Crippen molar-refractivity contribution < 1.29 is 19.2 Å². The molecule has 0 radical (unpaired) electrons. The number of piperidine rings is 1. The molecule has 1 aliphatic carbocycles. The summed E-state index contributed by atoms with van der Waals surface area (Å²) in [6.45, 7) is 3.50. The van der Waals surface area contributed by atoms with E-state index in [0.29, 0.717) is 37.3 Å². The maximum atomic E-state index is 13.1. The largest absolute Gasteiger partial charge is 0.493 e. The van der Waals surface area contributed by atoms with Crippen LogP contribution in [0.4, 0.5) is 5.69 Å². The van der Waals surface area contributed by atoms with Gasteiger partial charge in [0.05, 0.1) is 24.7 Å². The quantitative estimate of drug-likeness (QED) is 0.590. The number of nitro benzene ring substituents is 1. The molecule has 1 aromatic rings. The molecule has 7 nitrogen and oxygen atoms in total. The zero-order chi connectivity index (χ0) is 18.7. The molecule has 0 bridgehead atoms. The van der Waals surface area contributed by atoms with E-state index < -0.39 is 4.92 Å². The molecule has 3 rings (SSSR count). The second-order valence-corrected chi connectivity index (χ2v) is 7.05. The number of benzene rings is 1. The Balaban J connectivity index is 1.89. The van der Waals surface area contributed by atoms with Gasteiger partial charge in [0.25, 0.3) is 11.6 Å². The van der Waals surface area contributed by atoms with Crippen LogP contribution >= 0.6 is 0 Å². The number of fused-ring (bicyclic) bond motifs is 1. The van der Waals surface area contributed by atoms with E-state index in [1.165, 1.54) is 38.5 Å². The SMILES string of the molecule is CCOc1cc([N+](=O)[O-])c(C(=O)N2CC[C@H]3CCCC[C@@H]3C2)cc1OC. The van der Waals surface area contributed by atoms with Crippen LogP contribution in [0.1, 0.15) is 49.4 Å². The van der Waals surface area contributed by atoms with Crippen molar-refractivity contribution in [2.45, 2.75) is 39.0 Å². The topological polar surface area (TPSA) is 81.9 Å². The molecule has 1 saturated carbocycles. The number of carbonyl (C=O) groups excluding carboxylic acids is 1. The molecule has 7 heteroatoms.